The molecule has 6 rings (SSSR count). The Morgan fingerprint density at radius 2 is 1.64 bits per heavy atom. The Balaban J connectivity index is 1.41. The number of benzene rings is 4. The third kappa shape index (κ3) is 6.57. The van der Waals surface area contributed by atoms with Crippen LogP contribution in [0.25, 0.3) is 23.0 Å². The van der Waals surface area contributed by atoms with E-state index in [0.29, 0.717) is 33.4 Å². The molecule has 0 bridgehead atoms. The molecule has 0 saturated carbocycles. The Kier molecular flexibility index (Phi) is 9.00. The van der Waals surface area contributed by atoms with Crippen LogP contribution in [0.3, 0.4) is 0 Å². The minimum atomic E-state index is -0.633. The number of rotatable bonds is 9. The number of carbonyl (C=O) groups is 2. The van der Waals surface area contributed by atoms with Crippen molar-refractivity contribution >= 4 is 29.5 Å². The van der Waals surface area contributed by atoms with E-state index < -0.39 is 11.8 Å². The van der Waals surface area contributed by atoms with Crippen molar-refractivity contribution in [3.8, 4) is 34.5 Å². The Morgan fingerprint density at radius 3 is 2.36 bits per heavy atom. The van der Waals surface area contributed by atoms with Gasteiger partial charge in [-0.25, -0.2) is 4.68 Å². The van der Waals surface area contributed by atoms with Crippen molar-refractivity contribution in [3.63, 3.8) is 0 Å². The van der Waals surface area contributed by atoms with Gasteiger partial charge in [0.1, 0.15) is 35.4 Å². The van der Waals surface area contributed by atoms with E-state index in [9.17, 15) is 14.9 Å². The minimum Gasteiger partial charge on any atom is -0.497 e. The molecule has 47 heavy (non-hydrogen) atoms. The smallest absolute Gasteiger partial charge is 0.271 e. The van der Waals surface area contributed by atoms with Crippen molar-refractivity contribution in [1.82, 2.24) is 14.7 Å². The van der Waals surface area contributed by atoms with Crippen molar-refractivity contribution in [2.75, 3.05) is 7.11 Å². The average Bonchev–Trinajstić information content (AvgIpc) is 3.53. The first-order valence-electron chi connectivity index (χ1n) is 14.8. The first kappa shape index (κ1) is 31.1. The van der Waals surface area contributed by atoms with Gasteiger partial charge in [-0.05, 0) is 66.6 Å². The SMILES string of the molecule is COc1ccc(CN2C(=O)C(C#N)=C(C)/C(=C\c3cn(-c4ccccc4)nc3-c3cccc(OCc4ccccc4Cl)c3)C2=O)cc1. The first-order chi connectivity index (χ1) is 22.9. The van der Waals surface area contributed by atoms with E-state index in [4.69, 9.17) is 26.2 Å². The predicted molar refractivity (Wildman–Crippen MR) is 180 cm³/mol. The lowest BCUT2D eigenvalue weighted by Gasteiger charge is -2.27. The number of amides is 2. The maximum atomic E-state index is 14.0. The molecule has 0 radical (unpaired) electrons. The monoisotopic (exact) mass is 640 g/mol. The second-order valence-electron chi connectivity index (χ2n) is 10.8. The molecule has 0 atom stereocenters. The van der Waals surface area contributed by atoms with Gasteiger partial charge >= 0.3 is 0 Å². The molecule has 4 aromatic carbocycles. The number of para-hydroxylation sites is 1. The predicted octanol–water partition coefficient (Wildman–Crippen LogP) is 7.57. The summed E-state index contributed by atoms with van der Waals surface area (Å²) in [4.78, 5) is 28.4. The first-order valence-corrected chi connectivity index (χ1v) is 15.2. The Labute approximate surface area is 277 Å². The number of carbonyl (C=O) groups excluding carboxylic acids is 2. The Morgan fingerprint density at radius 1 is 0.894 bits per heavy atom. The normalized spacial score (nSPS) is 14.0. The van der Waals surface area contributed by atoms with Crippen LogP contribution >= 0.6 is 11.6 Å². The van der Waals surface area contributed by atoms with Gasteiger partial charge in [0.2, 0.25) is 0 Å². The fraction of sp³-hybridized carbons (Fsp3) is 0.105. The van der Waals surface area contributed by atoms with Gasteiger partial charge in [-0.15, -0.1) is 0 Å². The van der Waals surface area contributed by atoms with Crippen LogP contribution in [0.4, 0.5) is 0 Å². The van der Waals surface area contributed by atoms with Crippen molar-refractivity contribution in [2.24, 2.45) is 0 Å². The highest BCUT2D eigenvalue weighted by Gasteiger charge is 2.35. The lowest BCUT2D eigenvalue weighted by atomic mass is 9.93. The minimum absolute atomic E-state index is 0.00158. The maximum absolute atomic E-state index is 14.0. The van der Waals surface area contributed by atoms with Crippen LogP contribution in [-0.2, 0) is 22.7 Å². The van der Waals surface area contributed by atoms with Gasteiger partial charge in [-0.3, -0.25) is 14.5 Å². The molecule has 1 aliphatic rings. The fourth-order valence-corrected chi connectivity index (χ4v) is 5.47. The van der Waals surface area contributed by atoms with E-state index in [0.717, 1.165) is 27.3 Å². The molecule has 9 heteroatoms. The molecule has 0 aliphatic carbocycles. The van der Waals surface area contributed by atoms with E-state index in [1.54, 1.807) is 49.1 Å². The number of nitriles is 1. The maximum Gasteiger partial charge on any atom is 0.271 e. The number of aromatic nitrogens is 2. The fourth-order valence-electron chi connectivity index (χ4n) is 5.28. The number of ether oxygens (including phenoxy) is 2. The van der Waals surface area contributed by atoms with Crippen molar-refractivity contribution in [2.45, 2.75) is 20.1 Å². The largest absolute Gasteiger partial charge is 0.497 e. The number of imide groups is 1. The lowest BCUT2D eigenvalue weighted by Crippen LogP contribution is -2.42. The zero-order valence-electron chi connectivity index (χ0n) is 25.7. The number of methoxy groups -OCH3 is 1. The molecule has 0 fully saturated rings. The van der Waals surface area contributed by atoms with Crippen LogP contribution in [0.2, 0.25) is 5.02 Å². The van der Waals surface area contributed by atoms with Crippen LogP contribution in [0.15, 0.2) is 126 Å². The van der Waals surface area contributed by atoms with Gasteiger partial charge < -0.3 is 9.47 Å². The van der Waals surface area contributed by atoms with Crippen LogP contribution in [0.1, 0.15) is 23.6 Å². The van der Waals surface area contributed by atoms with E-state index in [1.165, 1.54) is 0 Å². The molecular formula is C38H29ClN4O4. The highest BCUT2D eigenvalue weighted by Crippen LogP contribution is 2.33. The van der Waals surface area contributed by atoms with E-state index >= 15 is 0 Å². The van der Waals surface area contributed by atoms with Crippen LogP contribution < -0.4 is 9.47 Å². The number of hydrogen-bond donors (Lipinski definition) is 0. The number of hydrogen-bond acceptors (Lipinski definition) is 6. The molecule has 232 valence electrons. The highest BCUT2D eigenvalue weighted by molar-refractivity contribution is 6.31. The summed E-state index contributed by atoms with van der Waals surface area (Å²) in [7, 11) is 1.56. The summed E-state index contributed by atoms with van der Waals surface area (Å²) in [6, 6.07) is 33.7. The Bertz CT molecular complexity index is 2070. The summed E-state index contributed by atoms with van der Waals surface area (Å²) < 4.78 is 13.1. The molecule has 0 N–H and O–H groups in total. The molecular weight excluding hydrogens is 612 g/mol. The summed E-state index contributed by atoms with van der Waals surface area (Å²) >= 11 is 6.33. The van der Waals surface area contributed by atoms with Crippen molar-refractivity contribution < 1.29 is 19.1 Å². The molecule has 1 aliphatic heterocycles. The zero-order chi connectivity index (χ0) is 32.9. The van der Waals surface area contributed by atoms with Gasteiger partial charge in [-0.1, -0.05) is 72.3 Å². The van der Waals surface area contributed by atoms with Gasteiger partial charge in [0.05, 0.1) is 19.3 Å². The molecule has 8 nitrogen and oxygen atoms in total. The van der Waals surface area contributed by atoms with Crippen molar-refractivity contribution in [1.29, 1.82) is 5.26 Å². The van der Waals surface area contributed by atoms with Crippen LogP contribution in [0.5, 0.6) is 11.5 Å². The molecule has 2 amide bonds. The zero-order valence-corrected chi connectivity index (χ0v) is 26.4. The van der Waals surface area contributed by atoms with Gasteiger partial charge in [0.15, 0.2) is 0 Å². The summed E-state index contributed by atoms with van der Waals surface area (Å²) in [6.45, 7) is 1.90. The van der Waals surface area contributed by atoms with Crippen LogP contribution in [-0.4, -0.2) is 33.6 Å². The van der Waals surface area contributed by atoms with Crippen molar-refractivity contribution in [3.05, 3.63) is 148 Å². The topological polar surface area (TPSA) is 97.5 Å². The number of nitrogens with zero attached hydrogens (tertiary/aromatic N) is 4. The lowest BCUT2D eigenvalue weighted by molar-refractivity contribution is -0.141. The summed E-state index contributed by atoms with van der Waals surface area (Å²) in [6.07, 6.45) is 3.52. The molecule has 0 saturated heterocycles. The Hall–Kier alpha value is -5.91. The molecule has 0 spiro atoms. The molecule has 0 unspecified atom stereocenters. The quantitative estimate of drug-likeness (QED) is 0.122. The third-order valence-electron chi connectivity index (χ3n) is 7.85. The summed E-state index contributed by atoms with van der Waals surface area (Å²) in [5.41, 5.74) is 4.81. The third-order valence-corrected chi connectivity index (χ3v) is 8.22. The van der Waals surface area contributed by atoms with Gasteiger partial charge in [0, 0.05) is 33.5 Å². The average molecular weight is 641 g/mol. The van der Waals surface area contributed by atoms with E-state index in [-0.39, 0.29) is 24.3 Å². The standard InChI is InChI=1S/C38H29ClN4O4/c1-25-33(37(44)42(38(45)34(25)21-40)22-26-15-17-31(46-2)18-16-26)20-29-23-43(30-11-4-3-5-12-30)41-36(29)27-10-8-13-32(19-27)47-24-28-9-6-7-14-35(28)39/h3-20,23H,22,24H2,1-2H3/b33-20+. The number of halogens is 1. The second-order valence-corrected chi connectivity index (χ2v) is 11.2. The van der Waals surface area contributed by atoms with E-state index in [2.05, 4.69) is 0 Å². The highest BCUT2D eigenvalue weighted by atomic mass is 35.5. The molecule has 1 aromatic heterocycles. The summed E-state index contributed by atoms with van der Waals surface area (Å²) in [5.74, 6) is 0.132. The second kappa shape index (κ2) is 13.6. The van der Waals surface area contributed by atoms with Crippen LogP contribution in [0, 0.1) is 11.3 Å². The van der Waals surface area contributed by atoms with Gasteiger partial charge in [-0.2, -0.15) is 10.4 Å². The van der Waals surface area contributed by atoms with Gasteiger partial charge in [0.25, 0.3) is 11.8 Å². The molecule has 5 aromatic rings. The van der Waals surface area contributed by atoms with E-state index in [1.807, 2.05) is 91.1 Å². The molecule has 2 heterocycles. The summed E-state index contributed by atoms with van der Waals surface area (Å²) in [5, 5.41) is 15.5.